The Labute approximate surface area is 102 Å². The molecule has 6 heteroatoms. The predicted molar refractivity (Wildman–Crippen MR) is 59.7 cm³/mol. The second-order valence-electron chi connectivity index (χ2n) is 3.83. The molecule has 0 aliphatic carbocycles. The number of halogens is 1. The van der Waals surface area contributed by atoms with Gasteiger partial charge in [-0.25, -0.2) is 4.39 Å². The van der Waals surface area contributed by atoms with Gasteiger partial charge in [-0.05, 0) is 18.2 Å². The first-order valence-corrected chi connectivity index (χ1v) is 5.22. The molecule has 0 bridgehead atoms. The number of carbonyl (C=O) groups excluding carboxylic acids is 3. The zero-order chi connectivity index (χ0) is 13.3. The molecule has 18 heavy (non-hydrogen) atoms. The van der Waals surface area contributed by atoms with E-state index in [0.717, 1.165) is 13.2 Å². The van der Waals surface area contributed by atoms with Crippen LogP contribution in [0.4, 0.5) is 10.1 Å². The van der Waals surface area contributed by atoms with Gasteiger partial charge in [0.1, 0.15) is 5.82 Å². The largest absolute Gasteiger partial charge is 0.468 e. The van der Waals surface area contributed by atoms with E-state index in [0.29, 0.717) is 5.69 Å². The van der Waals surface area contributed by atoms with Gasteiger partial charge in [-0.15, -0.1) is 0 Å². The number of hydrogen-bond donors (Lipinski definition) is 1. The SMILES string of the molecule is COC(=O)C1C(=O)CNc2ccc(F)cc2C1=O. The fraction of sp³-hybridized carbons (Fsp3) is 0.250. The highest BCUT2D eigenvalue weighted by Gasteiger charge is 2.38. The zero-order valence-corrected chi connectivity index (χ0v) is 9.53. The Hall–Kier alpha value is -2.24. The van der Waals surface area contributed by atoms with Gasteiger partial charge in [0.2, 0.25) is 0 Å². The molecule has 1 heterocycles. The molecule has 1 aromatic carbocycles. The van der Waals surface area contributed by atoms with Crippen LogP contribution in [-0.2, 0) is 14.3 Å². The number of rotatable bonds is 1. The van der Waals surface area contributed by atoms with Crippen molar-refractivity contribution in [1.29, 1.82) is 0 Å². The van der Waals surface area contributed by atoms with Gasteiger partial charge in [0.05, 0.1) is 13.7 Å². The van der Waals surface area contributed by atoms with E-state index in [9.17, 15) is 18.8 Å². The molecule has 1 aliphatic heterocycles. The highest BCUT2D eigenvalue weighted by Crippen LogP contribution is 2.24. The zero-order valence-electron chi connectivity index (χ0n) is 9.53. The molecule has 0 radical (unpaired) electrons. The maximum Gasteiger partial charge on any atom is 0.324 e. The van der Waals surface area contributed by atoms with Crippen molar-refractivity contribution < 1.29 is 23.5 Å². The minimum absolute atomic E-state index is 0.0174. The van der Waals surface area contributed by atoms with E-state index < -0.39 is 29.3 Å². The van der Waals surface area contributed by atoms with Gasteiger partial charge >= 0.3 is 5.97 Å². The fourth-order valence-electron chi connectivity index (χ4n) is 1.82. The summed E-state index contributed by atoms with van der Waals surface area (Å²) in [5, 5.41) is 2.70. The summed E-state index contributed by atoms with van der Waals surface area (Å²) < 4.78 is 17.6. The van der Waals surface area contributed by atoms with Crippen LogP contribution in [0, 0.1) is 11.7 Å². The van der Waals surface area contributed by atoms with E-state index in [2.05, 4.69) is 10.1 Å². The molecule has 0 fully saturated rings. The minimum Gasteiger partial charge on any atom is -0.468 e. The second-order valence-corrected chi connectivity index (χ2v) is 3.83. The molecule has 94 valence electrons. The quantitative estimate of drug-likeness (QED) is 0.590. The Bertz CT molecular complexity index is 541. The smallest absolute Gasteiger partial charge is 0.324 e. The van der Waals surface area contributed by atoms with Crippen molar-refractivity contribution in [3.63, 3.8) is 0 Å². The number of hydrogen-bond acceptors (Lipinski definition) is 5. The van der Waals surface area contributed by atoms with Crippen molar-refractivity contribution in [3.8, 4) is 0 Å². The lowest BCUT2D eigenvalue weighted by atomic mass is 9.94. The summed E-state index contributed by atoms with van der Waals surface area (Å²) in [5.74, 6) is -4.40. The number of ether oxygens (including phenoxy) is 1. The van der Waals surface area contributed by atoms with Crippen LogP contribution in [0.15, 0.2) is 18.2 Å². The summed E-state index contributed by atoms with van der Waals surface area (Å²) in [6.45, 7) is -0.176. The lowest BCUT2D eigenvalue weighted by molar-refractivity contribution is -0.146. The Kier molecular flexibility index (Phi) is 3.10. The Morgan fingerprint density at radius 3 is 2.83 bits per heavy atom. The molecule has 1 atom stereocenters. The summed E-state index contributed by atoms with van der Waals surface area (Å²) in [7, 11) is 1.09. The Balaban J connectivity index is 2.51. The van der Waals surface area contributed by atoms with Crippen LogP contribution in [0.25, 0.3) is 0 Å². The van der Waals surface area contributed by atoms with Gasteiger partial charge in [-0.1, -0.05) is 0 Å². The average Bonchev–Trinajstić information content (AvgIpc) is 2.47. The molecule has 1 aliphatic rings. The van der Waals surface area contributed by atoms with Crippen molar-refractivity contribution >= 4 is 23.2 Å². The molecule has 0 spiro atoms. The maximum absolute atomic E-state index is 13.1. The third-order valence-corrected chi connectivity index (χ3v) is 2.72. The summed E-state index contributed by atoms with van der Waals surface area (Å²) in [4.78, 5) is 35.2. The standard InChI is InChI=1S/C12H10FNO4/c1-18-12(17)10-9(15)5-14-8-3-2-6(13)4-7(8)11(10)16/h2-4,10,14H,5H2,1H3. The molecule has 5 nitrogen and oxygen atoms in total. The van der Waals surface area contributed by atoms with E-state index in [1.165, 1.54) is 12.1 Å². The number of nitrogens with one attached hydrogen (secondary N) is 1. The van der Waals surface area contributed by atoms with Crippen molar-refractivity contribution in [2.24, 2.45) is 5.92 Å². The normalized spacial score (nSPS) is 18.7. The number of anilines is 1. The van der Waals surface area contributed by atoms with E-state index in [4.69, 9.17) is 0 Å². The fourth-order valence-corrected chi connectivity index (χ4v) is 1.82. The lowest BCUT2D eigenvalue weighted by Gasteiger charge is -2.09. The van der Waals surface area contributed by atoms with E-state index in [-0.39, 0.29) is 12.1 Å². The van der Waals surface area contributed by atoms with Crippen molar-refractivity contribution in [3.05, 3.63) is 29.6 Å². The van der Waals surface area contributed by atoms with Crippen LogP contribution in [0.5, 0.6) is 0 Å². The third-order valence-electron chi connectivity index (χ3n) is 2.72. The van der Waals surface area contributed by atoms with Crippen LogP contribution >= 0.6 is 0 Å². The molecular formula is C12H10FNO4. The van der Waals surface area contributed by atoms with Crippen molar-refractivity contribution in [1.82, 2.24) is 0 Å². The van der Waals surface area contributed by atoms with E-state index >= 15 is 0 Å². The number of methoxy groups -OCH3 is 1. The molecular weight excluding hydrogens is 241 g/mol. The molecule has 0 saturated heterocycles. The molecule has 0 amide bonds. The van der Waals surface area contributed by atoms with E-state index in [1.807, 2.05) is 0 Å². The molecule has 0 saturated carbocycles. The van der Waals surface area contributed by atoms with Gasteiger partial charge in [0.25, 0.3) is 0 Å². The number of carbonyl (C=O) groups is 3. The molecule has 1 aromatic rings. The van der Waals surface area contributed by atoms with Gasteiger partial charge < -0.3 is 10.1 Å². The van der Waals surface area contributed by atoms with Gasteiger partial charge in [-0.3, -0.25) is 14.4 Å². The van der Waals surface area contributed by atoms with Gasteiger partial charge in [0.15, 0.2) is 17.5 Å². The van der Waals surface area contributed by atoms with Crippen LogP contribution in [0.3, 0.4) is 0 Å². The summed E-state index contributed by atoms with van der Waals surface area (Å²) in [6, 6.07) is 3.52. The topological polar surface area (TPSA) is 72.5 Å². The third kappa shape index (κ3) is 1.97. The van der Waals surface area contributed by atoms with Gasteiger partial charge in [-0.2, -0.15) is 0 Å². The van der Waals surface area contributed by atoms with Crippen molar-refractivity contribution in [2.75, 3.05) is 19.0 Å². The molecule has 1 N–H and O–H groups in total. The number of esters is 1. The molecule has 0 aromatic heterocycles. The van der Waals surface area contributed by atoms with Crippen LogP contribution in [0.2, 0.25) is 0 Å². The first-order chi connectivity index (χ1) is 8.54. The first kappa shape index (κ1) is 12.2. The summed E-state index contributed by atoms with van der Waals surface area (Å²) in [6.07, 6.45) is 0. The number of ketones is 2. The van der Waals surface area contributed by atoms with Crippen LogP contribution in [-0.4, -0.2) is 31.2 Å². The molecule has 1 unspecified atom stereocenters. The highest BCUT2D eigenvalue weighted by molar-refractivity contribution is 6.25. The molecule has 2 rings (SSSR count). The second kappa shape index (κ2) is 4.56. The summed E-state index contributed by atoms with van der Waals surface area (Å²) >= 11 is 0. The summed E-state index contributed by atoms with van der Waals surface area (Å²) in [5.41, 5.74) is 0.317. The van der Waals surface area contributed by atoms with Crippen LogP contribution < -0.4 is 5.32 Å². The Morgan fingerprint density at radius 2 is 2.17 bits per heavy atom. The predicted octanol–water partition coefficient (Wildman–Crippen LogP) is 0.792. The highest BCUT2D eigenvalue weighted by atomic mass is 19.1. The number of benzene rings is 1. The van der Waals surface area contributed by atoms with E-state index in [1.54, 1.807) is 0 Å². The van der Waals surface area contributed by atoms with Crippen molar-refractivity contribution in [2.45, 2.75) is 0 Å². The maximum atomic E-state index is 13.1. The average molecular weight is 251 g/mol. The number of fused-ring (bicyclic) bond motifs is 1. The minimum atomic E-state index is -1.52. The number of Topliss-reactive ketones (excluding diaryl/α,β-unsaturated/α-hetero) is 2. The van der Waals surface area contributed by atoms with Crippen LogP contribution in [0.1, 0.15) is 10.4 Å². The van der Waals surface area contributed by atoms with Gasteiger partial charge in [0, 0.05) is 11.3 Å². The monoisotopic (exact) mass is 251 g/mol. The first-order valence-electron chi connectivity index (χ1n) is 5.22. The lowest BCUT2D eigenvalue weighted by Crippen LogP contribution is -2.34. The Morgan fingerprint density at radius 1 is 1.44 bits per heavy atom.